The van der Waals surface area contributed by atoms with Crippen molar-refractivity contribution in [2.75, 3.05) is 13.1 Å². The zero-order valence-electron chi connectivity index (χ0n) is 13.7. The first kappa shape index (κ1) is 18.8. The van der Waals surface area contributed by atoms with Gasteiger partial charge in [-0.2, -0.15) is 4.31 Å². The Hall–Kier alpha value is -2.52. The van der Waals surface area contributed by atoms with Gasteiger partial charge in [-0.1, -0.05) is 19.9 Å². The van der Waals surface area contributed by atoms with Gasteiger partial charge in [-0.25, -0.2) is 12.8 Å². The molecule has 0 radical (unpaired) electrons. The molecular formula is C16H17FN2O5S. The summed E-state index contributed by atoms with van der Waals surface area (Å²) < 4.78 is 44.7. The third kappa shape index (κ3) is 4.12. The van der Waals surface area contributed by atoms with Gasteiger partial charge >= 0.3 is 5.69 Å². The predicted molar refractivity (Wildman–Crippen MR) is 89.7 cm³/mol. The first-order chi connectivity index (χ1) is 11.8. The van der Waals surface area contributed by atoms with E-state index in [1.165, 1.54) is 34.6 Å². The Morgan fingerprint density at radius 3 is 2.40 bits per heavy atom. The summed E-state index contributed by atoms with van der Waals surface area (Å²) in [6.07, 6.45) is 0. The van der Waals surface area contributed by atoms with Crippen LogP contribution in [0.15, 0.2) is 47.4 Å². The van der Waals surface area contributed by atoms with Crippen LogP contribution in [0.2, 0.25) is 0 Å². The highest BCUT2D eigenvalue weighted by Gasteiger charge is 2.26. The van der Waals surface area contributed by atoms with Crippen molar-refractivity contribution in [1.29, 1.82) is 0 Å². The Bertz CT molecular complexity index is 882. The van der Waals surface area contributed by atoms with Gasteiger partial charge in [-0.05, 0) is 24.3 Å². The maximum atomic E-state index is 13.2. The number of rotatable bonds is 7. The molecule has 0 aromatic heterocycles. The van der Waals surface area contributed by atoms with E-state index in [9.17, 15) is 22.9 Å². The first-order valence-corrected chi connectivity index (χ1v) is 8.95. The van der Waals surface area contributed by atoms with Gasteiger partial charge in [0, 0.05) is 25.2 Å². The fraction of sp³-hybridized carbons (Fsp3) is 0.250. The monoisotopic (exact) mass is 368 g/mol. The van der Waals surface area contributed by atoms with Gasteiger partial charge in [-0.15, -0.1) is 0 Å². The zero-order chi connectivity index (χ0) is 18.6. The average molecular weight is 368 g/mol. The lowest BCUT2D eigenvalue weighted by Crippen LogP contribution is -2.30. The maximum Gasteiger partial charge on any atom is 0.312 e. The van der Waals surface area contributed by atoms with Crippen molar-refractivity contribution in [1.82, 2.24) is 4.31 Å². The summed E-state index contributed by atoms with van der Waals surface area (Å²) >= 11 is 0. The molecule has 0 saturated heterocycles. The second-order valence-electron chi connectivity index (χ2n) is 5.04. The standard InChI is InChI=1S/C16H17FN2O5S/c1-3-18(4-2)25(22,23)14-8-9-16(15(11-14)19(20)21)24-13-7-5-6-12(17)10-13/h5-11H,3-4H2,1-2H3. The van der Waals surface area contributed by atoms with Crippen LogP contribution in [0.5, 0.6) is 11.5 Å². The molecule has 2 aromatic carbocycles. The van der Waals surface area contributed by atoms with E-state index >= 15 is 0 Å². The summed E-state index contributed by atoms with van der Waals surface area (Å²) in [6, 6.07) is 8.49. The first-order valence-electron chi connectivity index (χ1n) is 7.51. The lowest BCUT2D eigenvalue weighted by atomic mass is 10.3. The van der Waals surface area contributed by atoms with Crippen LogP contribution >= 0.6 is 0 Å². The summed E-state index contributed by atoms with van der Waals surface area (Å²) in [5.74, 6) is -0.655. The molecule has 0 aliphatic rings. The zero-order valence-corrected chi connectivity index (χ0v) is 14.5. The van der Waals surface area contributed by atoms with Crippen molar-refractivity contribution in [2.24, 2.45) is 0 Å². The van der Waals surface area contributed by atoms with Gasteiger partial charge in [0.1, 0.15) is 11.6 Å². The van der Waals surface area contributed by atoms with Gasteiger partial charge in [0.25, 0.3) is 0 Å². The summed E-state index contributed by atoms with van der Waals surface area (Å²) in [6.45, 7) is 3.84. The third-order valence-electron chi connectivity index (χ3n) is 3.49. The second kappa shape index (κ2) is 7.58. The van der Waals surface area contributed by atoms with E-state index in [0.29, 0.717) is 0 Å². The maximum absolute atomic E-state index is 13.2. The molecule has 0 spiro atoms. The fourth-order valence-corrected chi connectivity index (χ4v) is 3.74. The molecule has 0 heterocycles. The summed E-state index contributed by atoms with van der Waals surface area (Å²) in [4.78, 5) is 10.4. The smallest absolute Gasteiger partial charge is 0.312 e. The molecule has 0 aliphatic heterocycles. The van der Waals surface area contributed by atoms with Gasteiger partial charge in [0.05, 0.1) is 9.82 Å². The lowest BCUT2D eigenvalue weighted by Gasteiger charge is -2.18. The minimum atomic E-state index is -3.84. The molecule has 0 N–H and O–H groups in total. The molecule has 0 saturated carbocycles. The molecule has 0 aliphatic carbocycles. The molecule has 9 heteroatoms. The molecule has 7 nitrogen and oxygen atoms in total. The summed E-state index contributed by atoms with van der Waals surface area (Å²) in [5.41, 5.74) is -0.516. The molecule has 2 aromatic rings. The summed E-state index contributed by atoms with van der Waals surface area (Å²) in [7, 11) is -3.84. The van der Waals surface area contributed by atoms with Crippen LogP contribution in [0.4, 0.5) is 10.1 Å². The minimum Gasteiger partial charge on any atom is -0.450 e. The molecular weight excluding hydrogens is 351 g/mol. The molecule has 0 amide bonds. The van der Waals surface area contributed by atoms with E-state index in [-0.39, 0.29) is 29.5 Å². The largest absolute Gasteiger partial charge is 0.450 e. The van der Waals surface area contributed by atoms with Crippen LogP contribution in [-0.4, -0.2) is 30.7 Å². The van der Waals surface area contributed by atoms with Crippen LogP contribution in [0.25, 0.3) is 0 Å². The van der Waals surface area contributed by atoms with E-state index in [0.717, 1.165) is 12.1 Å². The lowest BCUT2D eigenvalue weighted by molar-refractivity contribution is -0.385. The average Bonchev–Trinajstić information content (AvgIpc) is 2.55. The SMILES string of the molecule is CCN(CC)S(=O)(=O)c1ccc(Oc2cccc(F)c2)c([N+](=O)[O-])c1. The minimum absolute atomic E-state index is 0.0717. The highest BCUT2D eigenvalue weighted by Crippen LogP contribution is 2.34. The van der Waals surface area contributed by atoms with Crippen molar-refractivity contribution < 1.29 is 22.5 Å². The van der Waals surface area contributed by atoms with Crippen LogP contribution < -0.4 is 4.74 Å². The van der Waals surface area contributed by atoms with Gasteiger partial charge in [0.15, 0.2) is 0 Å². The second-order valence-corrected chi connectivity index (χ2v) is 6.97. The molecule has 0 unspecified atom stereocenters. The van der Waals surface area contributed by atoms with Crippen LogP contribution in [0.1, 0.15) is 13.8 Å². The number of nitro benzene ring substituents is 1. The van der Waals surface area contributed by atoms with E-state index < -0.39 is 26.5 Å². The fourth-order valence-electron chi connectivity index (χ4n) is 2.26. The van der Waals surface area contributed by atoms with E-state index in [1.54, 1.807) is 13.8 Å². The van der Waals surface area contributed by atoms with Crippen molar-refractivity contribution in [3.8, 4) is 11.5 Å². The molecule has 2 rings (SSSR count). The predicted octanol–water partition coefficient (Wildman–Crippen LogP) is 3.56. The van der Waals surface area contributed by atoms with Gasteiger partial charge < -0.3 is 4.74 Å². The highest BCUT2D eigenvalue weighted by atomic mass is 32.2. The van der Waals surface area contributed by atoms with Crippen LogP contribution in [0, 0.1) is 15.9 Å². The Balaban J connectivity index is 2.46. The van der Waals surface area contributed by atoms with Crippen molar-refractivity contribution in [3.63, 3.8) is 0 Å². The number of sulfonamides is 1. The quantitative estimate of drug-likeness (QED) is 0.551. The Kier molecular flexibility index (Phi) is 5.70. The van der Waals surface area contributed by atoms with Crippen molar-refractivity contribution in [2.45, 2.75) is 18.7 Å². The molecule has 0 atom stereocenters. The number of ether oxygens (including phenoxy) is 1. The van der Waals surface area contributed by atoms with Gasteiger partial charge in [0.2, 0.25) is 15.8 Å². The topological polar surface area (TPSA) is 89.8 Å². The van der Waals surface area contributed by atoms with Crippen LogP contribution in [-0.2, 0) is 10.0 Å². The van der Waals surface area contributed by atoms with Crippen LogP contribution in [0.3, 0.4) is 0 Å². The van der Waals surface area contributed by atoms with Crippen molar-refractivity contribution in [3.05, 3.63) is 58.4 Å². The van der Waals surface area contributed by atoms with E-state index in [2.05, 4.69) is 0 Å². The molecule has 25 heavy (non-hydrogen) atoms. The van der Waals surface area contributed by atoms with E-state index in [1.807, 2.05) is 0 Å². The molecule has 0 bridgehead atoms. The molecule has 0 fully saturated rings. The normalized spacial score (nSPS) is 11.5. The third-order valence-corrected chi connectivity index (χ3v) is 5.54. The number of nitrogens with zero attached hydrogens (tertiary/aromatic N) is 2. The molecule has 134 valence electrons. The number of hydrogen-bond donors (Lipinski definition) is 0. The number of nitro groups is 1. The summed E-state index contributed by atoms with van der Waals surface area (Å²) in [5, 5.41) is 11.3. The Morgan fingerprint density at radius 1 is 1.16 bits per heavy atom. The Morgan fingerprint density at radius 2 is 1.84 bits per heavy atom. The highest BCUT2D eigenvalue weighted by molar-refractivity contribution is 7.89. The van der Waals surface area contributed by atoms with E-state index in [4.69, 9.17) is 4.74 Å². The Labute approximate surface area is 144 Å². The number of hydrogen-bond acceptors (Lipinski definition) is 5. The number of benzene rings is 2. The van der Waals surface area contributed by atoms with Gasteiger partial charge in [-0.3, -0.25) is 10.1 Å². The number of halogens is 1. The van der Waals surface area contributed by atoms with Crippen molar-refractivity contribution >= 4 is 15.7 Å².